The van der Waals surface area contributed by atoms with Crippen molar-refractivity contribution in [2.45, 2.75) is 0 Å². The van der Waals surface area contributed by atoms with Gasteiger partial charge in [-0.15, -0.1) is 0 Å². The molecule has 1 aromatic heterocycles. The lowest BCUT2D eigenvalue weighted by atomic mass is 10.0. The van der Waals surface area contributed by atoms with Crippen LogP contribution < -0.4 is 0 Å². The number of aromatic nitrogens is 2. The predicted molar refractivity (Wildman–Crippen MR) is 66.9 cm³/mol. The molecular formula is C14H10N2O. The van der Waals surface area contributed by atoms with Gasteiger partial charge in [-0.3, -0.25) is 9.89 Å². The van der Waals surface area contributed by atoms with Gasteiger partial charge in [-0.2, -0.15) is 5.10 Å². The zero-order chi connectivity index (χ0) is 11.7. The summed E-state index contributed by atoms with van der Waals surface area (Å²) in [6, 6.07) is 13.7. The Labute approximate surface area is 98.1 Å². The summed E-state index contributed by atoms with van der Waals surface area (Å²) in [6.45, 7) is 0. The molecule has 0 unspecified atom stereocenters. The number of aromatic amines is 1. The van der Waals surface area contributed by atoms with Crippen molar-refractivity contribution in [3.63, 3.8) is 0 Å². The van der Waals surface area contributed by atoms with Crippen LogP contribution in [0.1, 0.15) is 10.4 Å². The molecule has 2 aromatic carbocycles. The zero-order valence-electron chi connectivity index (χ0n) is 9.05. The zero-order valence-corrected chi connectivity index (χ0v) is 9.05. The van der Waals surface area contributed by atoms with E-state index in [1.165, 1.54) is 0 Å². The first kappa shape index (κ1) is 9.78. The van der Waals surface area contributed by atoms with Gasteiger partial charge in [0.25, 0.3) is 0 Å². The van der Waals surface area contributed by atoms with Crippen molar-refractivity contribution in [3.05, 3.63) is 54.2 Å². The van der Waals surface area contributed by atoms with Gasteiger partial charge >= 0.3 is 0 Å². The highest BCUT2D eigenvalue weighted by molar-refractivity contribution is 5.84. The molecule has 0 aliphatic rings. The molecule has 0 fully saturated rings. The van der Waals surface area contributed by atoms with E-state index < -0.39 is 0 Å². The van der Waals surface area contributed by atoms with Gasteiger partial charge in [0, 0.05) is 10.9 Å². The summed E-state index contributed by atoms with van der Waals surface area (Å²) in [5, 5.41) is 8.00. The Hall–Kier alpha value is -2.42. The first-order chi connectivity index (χ1) is 8.36. The molecule has 0 spiro atoms. The molecule has 82 valence electrons. The van der Waals surface area contributed by atoms with Crippen molar-refractivity contribution < 1.29 is 4.79 Å². The average molecular weight is 222 g/mol. The quantitative estimate of drug-likeness (QED) is 0.677. The molecule has 3 nitrogen and oxygen atoms in total. The Morgan fingerprint density at radius 1 is 1.00 bits per heavy atom. The summed E-state index contributed by atoms with van der Waals surface area (Å²) in [5.41, 5.74) is 3.94. The molecule has 0 saturated heterocycles. The molecule has 0 atom stereocenters. The maximum atomic E-state index is 10.6. The fraction of sp³-hybridized carbons (Fsp3) is 0. The number of nitrogens with zero attached hydrogens (tertiary/aromatic N) is 1. The second-order valence-electron chi connectivity index (χ2n) is 3.91. The molecule has 0 amide bonds. The van der Waals surface area contributed by atoms with Gasteiger partial charge in [-0.25, -0.2) is 0 Å². The topological polar surface area (TPSA) is 45.8 Å². The van der Waals surface area contributed by atoms with E-state index in [1.54, 1.807) is 6.20 Å². The van der Waals surface area contributed by atoms with E-state index in [9.17, 15) is 4.79 Å². The van der Waals surface area contributed by atoms with Crippen LogP contribution in [0.15, 0.2) is 48.7 Å². The van der Waals surface area contributed by atoms with Gasteiger partial charge in [-0.1, -0.05) is 30.3 Å². The van der Waals surface area contributed by atoms with Crippen LogP contribution in [0.3, 0.4) is 0 Å². The van der Waals surface area contributed by atoms with Gasteiger partial charge in [0.15, 0.2) is 0 Å². The molecule has 0 radical (unpaired) electrons. The maximum absolute atomic E-state index is 10.6. The van der Waals surface area contributed by atoms with E-state index in [1.807, 2.05) is 36.4 Å². The number of carbonyl (C=O) groups is 1. The number of carbonyl (C=O) groups excluding carboxylic acids is 1. The molecule has 3 heteroatoms. The number of hydrogen-bond donors (Lipinski definition) is 1. The number of aldehydes is 1. The first-order valence-electron chi connectivity index (χ1n) is 5.35. The minimum atomic E-state index is 0.693. The molecule has 0 saturated carbocycles. The van der Waals surface area contributed by atoms with Gasteiger partial charge < -0.3 is 0 Å². The van der Waals surface area contributed by atoms with Crippen LogP contribution in [0.2, 0.25) is 0 Å². The van der Waals surface area contributed by atoms with Gasteiger partial charge in [0.2, 0.25) is 0 Å². The van der Waals surface area contributed by atoms with Gasteiger partial charge in [-0.05, 0) is 23.3 Å². The third-order valence-corrected chi connectivity index (χ3v) is 2.82. The molecule has 1 N–H and O–H groups in total. The Bertz CT molecular complexity index is 668. The lowest BCUT2D eigenvalue weighted by Gasteiger charge is -2.01. The van der Waals surface area contributed by atoms with Gasteiger partial charge in [0.05, 0.1) is 11.7 Å². The first-order valence-corrected chi connectivity index (χ1v) is 5.35. The lowest BCUT2D eigenvalue weighted by Crippen LogP contribution is -1.81. The molecule has 1 heterocycles. The minimum absolute atomic E-state index is 0.693. The number of H-pyrrole nitrogens is 1. The summed E-state index contributed by atoms with van der Waals surface area (Å²) in [4.78, 5) is 10.6. The third-order valence-electron chi connectivity index (χ3n) is 2.82. The van der Waals surface area contributed by atoms with Crippen molar-refractivity contribution in [2.75, 3.05) is 0 Å². The highest BCUT2D eigenvalue weighted by atomic mass is 16.1. The molecule has 0 aliphatic carbocycles. The monoisotopic (exact) mass is 222 g/mol. The summed E-state index contributed by atoms with van der Waals surface area (Å²) in [5.74, 6) is 0. The lowest BCUT2D eigenvalue weighted by molar-refractivity contribution is 0.112. The van der Waals surface area contributed by atoms with Crippen molar-refractivity contribution in [3.8, 4) is 11.1 Å². The summed E-state index contributed by atoms with van der Waals surface area (Å²) in [6.07, 6.45) is 2.65. The van der Waals surface area contributed by atoms with E-state index in [0.29, 0.717) is 5.56 Å². The van der Waals surface area contributed by atoms with Crippen molar-refractivity contribution >= 4 is 17.2 Å². The predicted octanol–water partition coefficient (Wildman–Crippen LogP) is 3.04. The maximum Gasteiger partial charge on any atom is 0.150 e. The van der Waals surface area contributed by atoms with Crippen molar-refractivity contribution in [1.82, 2.24) is 10.2 Å². The van der Waals surface area contributed by atoms with E-state index in [2.05, 4.69) is 16.3 Å². The average Bonchev–Trinajstić information content (AvgIpc) is 2.86. The number of benzene rings is 2. The van der Waals surface area contributed by atoms with Gasteiger partial charge in [0.1, 0.15) is 6.29 Å². The van der Waals surface area contributed by atoms with E-state index in [4.69, 9.17) is 0 Å². The minimum Gasteiger partial charge on any atom is -0.298 e. The van der Waals surface area contributed by atoms with Crippen LogP contribution in [-0.4, -0.2) is 16.5 Å². The number of hydrogen-bond acceptors (Lipinski definition) is 2. The summed E-state index contributed by atoms with van der Waals surface area (Å²) in [7, 11) is 0. The van der Waals surface area contributed by atoms with Crippen LogP contribution >= 0.6 is 0 Å². The number of nitrogens with one attached hydrogen (secondary N) is 1. The Kier molecular flexibility index (Phi) is 2.22. The van der Waals surface area contributed by atoms with E-state index >= 15 is 0 Å². The Balaban J connectivity index is 2.09. The van der Waals surface area contributed by atoms with E-state index in [-0.39, 0.29) is 0 Å². The van der Waals surface area contributed by atoms with Crippen molar-refractivity contribution in [2.24, 2.45) is 0 Å². The fourth-order valence-electron chi connectivity index (χ4n) is 1.88. The Morgan fingerprint density at radius 2 is 1.76 bits per heavy atom. The normalized spacial score (nSPS) is 10.6. The highest BCUT2D eigenvalue weighted by Crippen LogP contribution is 2.23. The van der Waals surface area contributed by atoms with Crippen LogP contribution in [0.4, 0.5) is 0 Å². The molecule has 3 aromatic rings. The number of rotatable bonds is 2. The van der Waals surface area contributed by atoms with Crippen LogP contribution in [0.25, 0.3) is 22.0 Å². The smallest absolute Gasteiger partial charge is 0.150 e. The van der Waals surface area contributed by atoms with Crippen LogP contribution in [0, 0.1) is 0 Å². The molecular weight excluding hydrogens is 212 g/mol. The second kappa shape index (κ2) is 3.87. The highest BCUT2D eigenvalue weighted by Gasteiger charge is 2.00. The third kappa shape index (κ3) is 1.72. The SMILES string of the molecule is O=Cc1ccc(-c2ccc3[nH]ncc3c2)cc1. The van der Waals surface area contributed by atoms with E-state index in [0.717, 1.165) is 28.3 Å². The fourth-order valence-corrected chi connectivity index (χ4v) is 1.88. The molecule has 0 bridgehead atoms. The molecule has 17 heavy (non-hydrogen) atoms. The Morgan fingerprint density at radius 3 is 2.53 bits per heavy atom. The molecule has 3 rings (SSSR count). The van der Waals surface area contributed by atoms with Crippen LogP contribution in [-0.2, 0) is 0 Å². The second-order valence-corrected chi connectivity index (χ2v) is 3.91. The largest absolute Gasteiger partial charge is 0.298 e. The number of fused-ring (bicyclic) bond motifs is 1. The molecule has 0 aliphatic heterocycles. The van der Waals surface area contributed by atoms with Crippen molar-refractivity contribution in [1.29, 1.82) is 0 Å². The standard InChI is InChI=1S/C14H10N2O/c17-9-10-1-3-11(4-2-10)12-5-6-14-13(7-12)8-15-16-14/h1-9H,(H,15,16). The summed E-state index contributed by atoms with van der Waals surface area (Å²) >= 11 is 0. The van der Waals surface area contributed by atoms with Crippen LogP contribution in [0.5, 0.6) is 0 Å². The summed E-state index contributed by atoms with van der Waals surface area (Å²) < 4.78 is 0.